The molecule has 9 aromatic carbocycles. The summed E-state index contributed by atoms with van der Waals surface area (Å²) in [4.78, 5) is 4.86. The van der Waals surface area contributed by atoms with Crippen LogP contribution in [-0.2, 0) is 0 Å². The molecule has 0 radical (unpaired) electrons. The number of hydrogen-bond donors (Lipinski definition) is 0. The van der Waals surface area contributed by atoms with Crippen LogP contribution in [0.15, 0.2) is 168 Å². The van der Waals surface area contributed by atoms with E-state index in [4.69, 9.17) is 9.40 Å². The van der Waals surface area contributed by atoms with Gasteiger partial charge in [-0.2, -0.15) is 0 Å². The maximum atomic E-state index is 6.48. The SMILES string of the molecule is c1ccc(-c2nc3ccc4ccc5cc(-c6c7ccccc7c(-c7cccc8ccccc78)c7ccccc67)ccc5c4c3o2)cc1. The Labute approximate surface area is 271 Å². The summed E-state index contributed by atoms with van der Waals surface area (Å²) < 4.78 is 6.48. The highest BCUT2D eigenvalue weighted by Crippen LogP contribution is 2.46. The van der Waals surface area contributed by atoms with E-state index in [-0.39, 0.29) is 0 Å². The Morgan fingerprint density at radius 2 is 1.00 bits per heavy atom. The van der Waals surface area contributed by atoms with Gasteiger partial charge in [0.1, 0.15) is 5.52 Å². The lowest BCUT2D eigenvalue weighted by molar-refractivity contribution is 0.623. The summed E-state index contributed by atoms with van der Waals surface area (Å²) in [5.41, 5.74) is 7.67. The largest absolute Gasteiger partial charge is 0.435 e. The highest BCUT2D eigenvalue weighted by molar-refractivity contribution is 6.24. The molecule has 47 heavy (non-hydrogen) atoms. The van der Waals surface area contributed by atoms with Crippen molar-refractivity contribution in [2.24, 2.45) is 0 Å². The van der Waals surface area contributed by atoms with Crippen molar-refractivity contribution >= 4 is 65.0 Å². The third kappa shape index (κ3) is 3.95. The summed E-state index contributed by atoms with van der Waals surface area (Å²) in [5, 5.41) is 12.1. The fraction of sp³-hybridized carbons (Fsp3) is 0. The molecule has 10 aromatic rings. The van der Waals surface area contributed by atoms with Crippen molar-refractivity contribution in [2.75, 3.05) is 0 Å². The first kappa shape index (κ1) is 26.0. The molecule has 0 atom stereocenters. The van der Waals surface area contributed by atoms with Crippen molar-refractivity contribution < 1.29 is 4.42 Å². The second kappa shape index (κ2) is 10.1. The van der Waals surface area contributed by atoms with Gasteiger partial charge in [-0.1, -0.05) is 140 Å². The van der Waals surface area contributed by atoms with Gasteiger partial charge >= 0.3 is 0 Å². The third-order valence-electron chi connectivity index (χ3n) is 9.65. The van der Waals surface area contributed by atoms with Crippen molar-refractivity contribution in [1.29, 1.82) is 0 Å². The molecule has 0 saturated carbocycles. The van der Waals surface area contributed by atoms with E-state index in [0.717, 1.165) is 32.8 Å². The summed E-state index contributed by atoms with van der Waals surface area (Å²) in [5.74, 6) is 0.644. The fourth-order valence-corrected chi connectivity index (χ4v) is 7.56. The van der Waals surface area contributed by atoms with Crippen molar-refractivity contribution in [2.45, 2.75) is 0 Å². The molecular weight excluding hydrogens is 571 g/mol. The number of benzene rings is 9. The van der Waals surface area contributed by atoms with E-state index in [1.807, 2.05) is 30.3 Å². The molecule has 0 N–H and O–H groups in total. The summed E-state index contributed by atoms with van der Waals surface area (Å²) in [6.07, 6.45) is 0. The van der Waals surface area contributed by atoms with Crippen LogP contribution in [0.25, 0.3) is 98.7 Å². The minimum Gasteiger partial charge on any atom is -0.435 e. The van der Waals surface area contributed by atoms with Crippen LogP contribution in [0.2, 0.25) is 0 Å². The first-order valence-corrected chi connectivity index (χ1v) is 16.1. The second-order valence-corrected chi connectivity index (χ2v) is 12.3. The Hall–Kier alpha value is -6.25. The molecule has 0 aliphatic carbocycles. The zero-order valence-electron chi connectivity index (χ0n) is 25.4. The summed E-state index contributed by atoms with van der Waals surface area (Å²) in [6.45, 7) is 0. The Bertz CT molecular complexity index is 2780. The lowest BCUT2D eigenvalue weighted by Crippen LogP contribution is -1.91. The smallest absolute Gasteiger partial charge is 0.227 e. The van der Waals surface area contributed by atoms with Gasteiger partial charge in [0.15, 0.2) is 5.58 Å². The monoisotopic (exact) mass is 597 g/mol. The van der Waals surface area contributed by atoms with Crippen LogP contribution in [0, 0.1) is 0 Å². The minimum atomic E-state index is 0.644. The normalized spacial score (nSPS) is 11.8. The van der Waals surface area contributed by atoms with Gasteiger partial charge in [-0.25, -0.2) is 4.98 Å². The topological polar surface area (TPSA) is 26.0 Å². The Kier molecular flexibility index (Phi) is 5.61. The molecule has 0 bridgehead atoms. The van der Waals surface area contributed by atoms with Crippen molar-refractivity contribution in [3.8, 4) is 33.7 Å². The lowest BCUT2D eigenvalue weighted by Gasteiger charge is -2.19. The van der Waals surface area contributed by atoms with E-state index in [0.29, 0.717) is 5.89 Å². The molecule has 0 aliphatic heterocycles. The van der Waals surface area contributed by atoms with Gasteiger partial charge < -0.3 is 4.42 Å². The van der Waals surface area contributed by atoms with Crippen LogP contribution in [0.1, 0.15) is 0 Å². The number of hydrogen-bond acceptors (Lipinski definition) is 2. The number of oxazole rings is 1. The molecular formula is C45H27NO. The van der Waals surface area contributed by atoms with E-state index >= 15 is 0 Å². The van der Waals surface area contributed by atoms with Crippen LogP contribution in [-0.4, -0.2) is 4.98 Å². The average Bonchev–Trinajstić information content (AvgIpc) is 3.58. The predicted molar refractivity (Wildman–Crippen MR) is 198 cm³/mol. The van der Waals surface area contributed by atoms with Crippen LogP contribution in [0.4, 0.5) is 0 Å². The van der Waals surface area contributed by atoms with Gasteiger partial charge in [0.05, 0.1) is 0 Å². The van der Waals surface area contributed by atoms with E-state index in [9.17, 15) is 0 Å². The summed E-state index contributed by atoms with van der Waals surface area (Å²) in [7, 11) is 0. The first-order valence-electron chi connectivity index (χ1n) is 16.1. The molecule has 0 saturated heterocycles. The Balaban J connectivity index is 1.24. The molecule has 0 fully saturated rings. The predicted octanol–water partition coefficient (Wildman–Crippen LogP) is 12.6. The van der Waals surface area contributed by atoms with Crippen molar-refractivity contribution in [3.05, 3.63) is 164 Å². The highest BCUT2D eigenvalue weighted by atomic mass is 16.3. The maximum absolute atomic E-state index is 6.48. The minimum absolute atomic E-state index is 0.644. The van der Waals surface area contributed by atoms with Crippen molar-refractivity contribution in [3.63, 3.8) is 0 Å². The standard InChI is InChI=1S/C45H27NO/c1-2-12-30(13-3-1)45-46-40-26-24-29-21-22-31-27-32(23-25-34(31)42(29)44(40)47-45)41-36-16-6-8-18-38(36)43(39-19-9-7-17-37(39)41)35-20-10-14-28-11-4-5-15-33(28)35/h1-27H. The summed E-state index contributed by atoms with van der Waals surface area (Å²) >= 11 is 0. The first-order chi connectivity index (χ1) is 23.3. The van der Waals surface area contributed by atoms with Crippen molar-refractivity contribution in [1.82, 2.24) is 4.98 Å². The van der Waals surface area contributed by atoms with Gasteiger partial charge in [-0.15, -0.1) is 0 Å². The molecule has 218 valence electrons. The molecule has 0 amide bonds. The second-order valence-electron chi connectivity index (χ2n) is 12.3. The molecule has 2 nitrogen and oxygen atoms in total. The van der Waals surface area contributed by atoms with Crippen LogP contribution < -0.4 is 0 Å². The van der Waals surface area contributed by atoms with Gasteiger partial charge in [-0.3, -0.25) is 0 Å². The number of rotatable bonds is 3. The van der Waals surface area contributed by atoms with Crippen LogP contribution >= 0.6 is 0 Å². The maximum Gasteiger partial charge on any atom is 0.227 e. The zero-order chi connectivity index (χ0) is 30.9. The average molecular weight is 598 g/mol. The van der Waals surface area contributed by atoms with Crippen LogP contribution in [0.5, 0.6) is 0 Å². The molecule has 0 aliphatic rings. The van der Waals surface area contributed by atoms with E-state index in [2.05, 4.69) is 133 Å². The van der Waals surface area contributed by atoms with Crippen LogP contribution in [0.3, 0.4) is 0 Å². The quantitative estimate of drug-likeness (QED) is 0.150. The number of nitrogens with zero attached hydrogens (tertiary/aromatic N) is 1. The van der Waals surface area contributed by atoms with E-state index in [1.165, 1.54) is 60.0 Å². The summed E-state index contributed by atoms with van der Waals surface area (Å²) in [6, 6.07) is 58.7. The molecule has 1 aromatic heterocycles. The number of fused-ring (bicyclic) bond motifs is 8. The highest BCUT2D eigenvalue weighted by Gasteiger charge is 2.19. The molecule has 1 heterocycles. The Morgan fingerprint density at radius 3 is 1.77 bits per heavy atom. The van der Waals surface area contributed by atoms with E-state index < -0.39 is 0 Å². The molecule has 0 spiro atoms. The van der Waals surface area contributed by atoms with Gasteiger partial charge in [0.2, 0.25) is 5.89 Å². The third-order valence-corrected chi connectivity index (χ3v) is 9.65. The van der Waals surface area contributed by atoms with Gasteiger partial charge in [-0.05, 0) is 95.0 Å². The Morgan fingerprint density at radius 1 is 0.383 bits per heavy atom. The number of aromatic nitrogens is 1. The molecule has 0 unspecified atom stereocenters. The zero-order valence-corrected chi connectivity index (χ0v) is 25.4. The van der Waals surface area contributed by atoms with E-state index in [1.54, 1.807) is 0 Å². The fourth-order valence-electron chi connectivity index (χ4n) is 7.56. The van der Waals surface area contributed by atoms with Gasteiger partial charge in [0, 0.05) is 10.9 Å². The van der Waals surface area contributed by atoms with Gasteiger partial charge in [0.25, 0.3) is 0 Å². The molecule has 10 rings (SSSR count). The molecule has 2 heteroatoms. The lowest BCUT2D eigenvalue weighted by atomic mass is 9.84.